The van der Waals surface area contributed by atoms with E-state index in [1.807, 2.05) is 34.9 Å². The van der Waals surface area contributed by atoms with Gasteiger partial charge in [-0.3, -0.25) is 9.36 Å². The first kappa shape index (κ1) is 22.1. The number of hydrogen-bond donors (Lipinski definition) is 1. The van der Waals surface area contributed by atoms with E-state index >= 15 is 0 Å². The predicted octanol–water partition coefficient (Wildman–Crippen LogP) is 4.48. The lowest BCUT2D eigenvalue weighted by Crippen LogP contribution is -2.17. The van der Waals surface area contributed by atoms with E-state index in [2.05, 4.69) is 25.6 Å². The number of thioether (sulfide) groups is 1. The summed E-state index contributed by atoms with van der Waals surface area (Å²) in [5.74, 6) is 0.635. The lowest BCUT2D eigenvalue weighted by Gasteiger charge is -2.14. The Balaban J connectivity index is 1.37. The smallest absolute Gasteiger partial charge is 0.323 e. The summed E-state index contributed by atoms with van der Waals surface area (Å²) in [5.41, 5.74) is 0.266. The van der Waals surface area contributed by atoms with Gasteiger partial charge in [-0.15, -0.1) is 10.2 Å². The minimum absolute atomic E-state index is 0.0193. The van der Waals surface area contributed by atoms with Crippen molar-refractivity contribution in [3.05, 3.63) is 72.6 Å². The monoisotopic (exact) mass is 485 g/mol. The molecule has 8 nitrogen and oxygen atoms in total. The summed E-state index contributed by atoms with van der Waals surface area (Å²) in [6, 6.07) is 12.7. The largest absolute Gasteiger partial charge is 0.416 e. The van der Waals surface area contributed by atoms with Crippen molar-refractivity contribution < 1.29 is 18.0 Å². The second-order valence-electron chi connectivity index (χ2n) is 7.69. The van der Waals surface area contributed by atoms with Crippen LogP contribution >= 0.6 is 11.8 Å². The molecule has 5 rings (SSSR count). The molecule has 1 amide bonds. The van der Waals surface area contributed by atoms with Gasteiger partial charge in [0.05, 0.1) is 22.7 Å². The van der Waals surface area contributed by atoms with Crippen LogP contribution in [0.15, 0.2) is 66.3 Å². The van der Waals surface area contributed by atoms with E-state index in [1.165, 1.54) is 35.2 Å². The van der Waals surface area contributed by atoms with Gasteiger partial charge in [-0.2, -0.15) is 18.3 Å². The van der Waals surface area contributed by atoms with Gasteiger partial charge in [-0.05, 0) is 43.2 Å². The van der Waals surface area contributed by atoms with Gasteiger partial charge in [0, 0.05) is 11.6 Å². The van der Waals surface area contributed by atoms with E-state index in [0.717, 1.165) is 36.5 Å². The van der Waals surface area contributed by atoms with E-state index in [-0.39, 0.29) is 17.1 Å². The van der Waals surface area contributed by atoms with Crippen LogP contribution in [0.4, 0.5) is 18.9 Å². The number of alkyl halides is 3. The Hall–Kier alpha value is -3.67. The Morgan fingerprint density at radius 2 is 1.91 bits per heavy atom. The Labute approximate surface area is 196 Å². The van der Waals surface area contributed by atoms with Crippen molar-refractivity contribution in [3.8, 4) is 11.4 Å². The van der Waals surface area contributed by atoms with Crippen LogP contribution in [0, 0.1) is 0 Å². The lowest BCUT2D eigenvalue weighted by molar-refractivity contribution is -0.137. The molecular weight excluding hydrogens is 467 g/mol. The highest BCUT2D eigenvalue weighted by Crippen LogP contribution is 2.41. The summed E-state index contributed by atoms with van der Waals surface area (Å²) in [6.07, 6.45) is 0.121. The molecule has 0 aliphatic heterocycles. The van der Waals surface area contributed by atoms with Crippen LogP contribution in [0.2, 0.25) is 0 Å². The molecule has 4 aromatic rings. The molecule has 0 radical (unpaired) electrons. The maximum absolute atomic E-state index is 13.3. The zero-order valence-electron chi connectivity index (χ0n) is 17.6. The van der Waals surface area contributed by atoms with Gasteiger partial charge < -0.3 is 5.32 Å². The number of halogens is 3. The van der Waals surface area contributed by atoms with Crippen LogP contribution in [-0.2, 0) is 11.0 Å². The first-order chi connectivity index (χ1) is 16.4. The standard InChI is InChI=1S/C22H18F3N7OS/c23-22(24,25)15-8-9-18(31-13-26-12-27-31)17(10-15)28-19(33)11-34-21-30-29-20(14-6-7-14)32(21)16-4-2-1-3-5-16/h1-5,8-10,12-14H,6-7,11H2,(H,28,33). The quantitative estimate of drug-likeness (QED) is 0.389. The van der Waals surface area contributed by atoms with Gasteiger partial charge in [0.15, 0.2) is 5.16 Å². The van der Waals surface area contributed by atoms with E-state index in [0.29, 0.717) is 11.1 Å². The molecule has 1 fully saturated rings. The highest BCUT2D eigenvalue weighted by molar-refractivity contribution is 7.99. The average molecular weight is 485 g/mol. The Morgan fingerprint density at radius 3 is 2.59 bits per heavy atom. The normalized spacial score (nSPS) is 13.7. The fourth-order valence-electron chi connectivity index (χ4n) is 3.46. The zero-order valence-corrected chi connectivity index (χ0v) is 18.4. The molecule has 34 heavy (non-hydrogen) atoms. The number of carbonyl (C=O) groups excluding carboxylic acids is 1. The van der Waals surface area contributed by atoms with Crippen LogP contribution in [0.25, 0.3) is 11.4 Å². The van der Waals surface area contributed by atoms with Crippen molar-refractivity contribution in [2.24, 2.45) is 0 Å². The third kappa shape index (κ3) is 4.67. The molecular formula is C22H18F3N7OS. The minimum atomic E-state index is -4.56. The molecule has 2 aromatic carbocycles. The third-order valence-corrected chi connectivity index (χ3v) is 6.14. The van der Waals surface area contributed by atoms with Crippen molar-refractivity contribution in [1.29, 1.82) is 0 Å². The van der Waals surface area contributed by atoms with Crippen LogP contribution < -0.4 is 5.32 Å². The number of nitrogens with zero attached hydrogens (tertiary/aromatic N) is 6. The van der Waals surface area contributed by atoms with Crippen molar-refractivity contribution in [2.45, 2.75) is 30.1 Å². The molecule has 0 atom stereocenters. The number of rotatable bonds is 7. The van der Waals surface area contributed by atoms with Gasteiger partial charge in [-0.1, -0.05) is 30.0 Å². The number of para-hydroxylation sites is 1. The van der Waals surface area contributed by atoms with Crippen molar-refractivity contribution in [1.82, 2.24) is 29.5 Å². The van der Waals surface area contributed by atoms with E-state index in [9.17, 15) is 18.0 Å². The minimum Gasteiger partial charge on any atom is -0.323 e. The summed E-state index contributed by atoms with van der Waals surface area (Å²) in [5, 5.41) is 15.7. The van der Waals surface area contributed by atoms with Crippen molar-refractivity contribution in [3.63, 3.8) is 0 Å². The highest BCUT2D eigenvalue weighted by atomic mass is 32.2. The number of amides is 1. The summed E-state index contributed by atoms with van der Waals surface area (Å²) < 4.78 is 43.0. The van der Waals surface area contributed by atoms with Crippen LogP contribution in [-0.4, -0.2) is 41.2 Å². The number of nitrogens with one attached hydrogen (secondary N) is 1. The molecule has 1 N–H and O–H groups in total. The maximum Gasteiger partial charge on any atom is 0.416 e. The molecule has 0 unspecified atom stereocenters. The topological polar surface area (TPSA) is 90.5 Å². The Morgan fingerprint density at radius 1 is 1.12 bits per heavy atom. The number of anilines is 1. The molecule has 0 saturated heterocycles. The second kappa shape index (κ2) is 8.93. The molecule has 0 spiro atoms. The Bertz CT molecular complexity index is 1300. The van der Waals surface area contributed by atoms with Crippen LogP contribution in [0.5, 0.6) is 0 Å². The number of carbonyl (C=O) groups is 1. The molecule has 12 heteroatoms. The average Bonchev–Trinajstić information content (AvgIpc) is 3.35. The summed E-state index contributed by atoms with van der Waals surface area (Å²) in [6.45, 7) is 0. The summed E-state index contributed by atoms with van der Waals surface area (Å²) in [7, 11) is 0. The Kier molecular flexibility index (Phi) is 5.82. The van der Waals surface area contributed by atoms with Gasteiger partial charge in [0.1, 0.15) is 18.5 Å². The zero-order chi connectivity index (χ0) is 23.7. The maximum atomic E-state index is 13.3. The highest BCUT2D eigenvalue weighted by Gasteiger charge is 2.32. The van der Waals surface area contributed by atoms with Crippen LogP contribution in [0.3, 0.4) is 0 Å². The third-order valence-electron chi connectivity index (χ3n) is 5.21. The van der Waals surface area contributed by atoms with E-state index in [4.69, 9.17) is 0 Å². The summed E-state index contributed by atoms with van der Waals surface area (Å²) >= 11 is 1.17. The summed E-state index contributed by atoms with van der Waals surface area (Å²) in [4.78, 5) is 16.6. The van der Waals surface area contributed by atoms with Crippen molar-refractivity contribution >= 4 is 23.4 Å². The van der Waals surface area contributed by atoms with Gasteiger partial charge in [-0.25, -0.2) is 9.67 Å². The van der Waals surface area contributed by atoms with E-state index < -0.39 is 17.6 Å². The second-order valence-corrected chi connectivity index (χ2v) is 8.64. The SMILES string of the molecule is O=C(CSc1nnc(C2CC2)n1-c1ccccc1)Nc1cc(C(F)(F)F)ccc1-n1cncn1. The molecule has 2 heterocycles. The predicted molar refractivity (Wildman–Crippen MR) is 119 cm³/mol. The molecule has 1 aliphatic carbocycles. The molecule has 174 valence electrons. The molecule has 2 aromatic heterocycles. The van der Waals surface area contributed by atoms with Crippen LogP contribution in [0.1, 0.15) is 30.1 Å². The van der Waals surface area contributed by atoms with Gasteiger partial charge in [0.25, 0.3) is 0 Å². The van der Waals surface area contributed by atoms with E-state index in [1.54, 1.807) is 0 Å². The molecule has 0 bridgehead atoms. The lowest BCUT2D eigenvalue weighted by atomic mass is 10.1. The fourth-order valence-corrected chi connectivity index (χ4v) is 4.22. The van der Waals surface area contributed by atoms with Gasteiger partial charge in [0.2, 0.25) is 5.91 Å². The van der Waals surface area contributed by atoms with Gasteiger partial charge >= 0.3 is 6.18 Å². The number of aromatic nitrogens is 6. The number of hydrogen-bond acceptors (Lipinski definition) is 6. The fraction of sp³-hybridized carbons (Fsp3) is 0.227. The first-order valence-electron chi connectivity index (χ1n) is 10.4. The van der Waals surface area contributed by atoms with Crippen molar-refractivity contribution in [2.75, 3.05) is 11.1 Å². The molecule has 1 saturated carbocycles. The molecule has 1 aliphatic rings. The first-order valence-corrected chi connectivity index (χ1v) is 11.4. The number of benzene rings is 2.